The van der Waals surface area contributed by atoms with Gasteiger partial charge in [0.15, 0.2) is 0 Å². The van der Waals surface area contributed by atoms with Crippen LogP contribution < -0.4 is 4.74 Å². The molecule has 1 rings (SSSR count). The summed E-state index contributed by atoms with van der Waals surface area (Å²) in [7, 11) is 0. The van der Waals surface area contributed by atoms with E-state index in [4.69, 9.17) is 11.6 Å². The molecule has 0 aliphatic carbocycles. The lowest BCUT2D eigenvalue weighted by atomic mass is 10.1. The molecule has 0 aliphatic heterocycles. The van der Waals surface area contributed by atoms with E-state index in [0.29, 0.717) is 16.2 Å². The second kappa shape index (κ2) is 5.98. The fraction of sp³-hybridized carbons (Fsp3) is 0.333. The third-order valence-electron chi connectivity index (χ3n) is 2.23. The van der Waals surface area contributed by atoms with Crippen LogP contribution in [-0.4, -0.2) is 17.8 Å². The van der Waals surface area contributed by atoms with E-state index in [1.54, 1.807) is 19.9 Å². The number of alkyl halides is 2. The fourth-order valence-corrected chi connectivity index (χ4v) is 1.38. The molecule has 94 valence electrons. The summed E-state index contributed by atoms with van der Waals surface area (Å²) in [5.41, 5.74) is 1.04. The fourth-order valence-electron chi connectivity index (χ4n) is 1.20. The van der Waals surface area contributed by atoms with E-state index in [1.807, 2.05) is 0 Å². The second-order valence-corrected chi connectivity index (χ2v) is 4.06. The van der Waals surface area contributed by atoms with Gasteiger partial charge < -0.3 is 9.84 Å². The van der Waals surface area contributed by atoms with Crippen LogP contribution in [0.25, 0.3) is 6.08 Å². The van der Waals surface area contributed by atoms with Gasteiger partial charge in [-0.15, -0.1) is 0 Å². The lowest BCUT2D eigenvalue weighted by molar-refractivity contribution is -0.0499. The average molecular weight is 263 g/mol. The molecular formula is C12H13ClF2O2. The Balaban J connectivity index is 3.11. The molecular weight excluding hydrogens is 250 g/mol. The highest BCUT2D eigenvalue weighted by atomic mass is 35.5. The van der Waals surface area contributed by atoms with Gasteiger partial charge in [0, 0.05) is 10.6 Å². The topological polar surface area (TPSA) is 29.5 Å². The van der Waals surface area contributed by atoms with Gasteiger partial charge in [-0.2, -0.15) is 8.78 Å². The number of rotatable bonds is 4. The van der Waals surface area contributed by atoms with Crippen molar-refractivity contribution in [3.05, 3.63) is 34.4 Å². The molecule has 0 heterocycles. The summed E-state index contributed by atoms with van der Waals surface area (Å²) in [5.74, 6) is 0.0319. The van der Waals surface area contributed by atoms with Crippen LogP contribution in [0.4, 0.5) is 8.78 Å². The van der Waals surface area contributed by atoms with Crippen molar-refractivity contribution in [3.8, 4) is 5.75 Å². The van der Waals surface area contributed by atoms with Gasteiger partial charge in [-0.1, -0.05) is 11.6 Å². The normalized spacial score (nSPS) is 13.9. The maximum absolute atomic E-state index is 12.2. The standard InChI is InChI=1S/C12H13ClF2O2/c1-7(8(2)16)5-9-6-10(13)3-4-11(9)17-12(14)15/h3-6,8,12,16H,1-2H3/b7-5+. The van der Waals surface area contributed by atoms with Crippen LogP contribution in [0.5, 0.6) is 5.75 Å². The van der Waals surface area contributed by atoms with E-state index in [0.717, 1.165) is 0 Å². The predicted octanol–water partition coefficient (Wildman–Crippen LogP) is 3.73. The van der Waals surface area contributed by atoms with Crippen LogP contribution in [0, 0.1) is 0 Å². The molecule has 1 aromatic carbocycles. The summed E-state index contributed by atoms with van der Waals surface area (Å²) in [5, 5.41) is 9.75. The molecule has 0 aliphatic rings. The van der Waals surface area contributed by atoms with Crippen molar-refractivity contribution in [3.63, 3.8) is 0 Å². The number of aliphatic hydroxyl groups excluding tert-OH is 1. The van der Waals surface area contributed by atoms with Crippen molar-refractivity contribution < 1.29 is 18.6 Å². The average Bonchev–Trinajstić information content (AvgIpc) is 2.21. The number of hydrogen-bond donors (Lipinski definition) is 1. The monoisotopic (exact) mass is 262 g/mol. The minimum Gasteiger partial charge on any atom is -0.434 e. The van der Waals surface area contributed by atoms with Gasteiger partial charge in [-0.3, -0.25) is 0 Å². The molecule has 1 unspecified atom stereocenters. The molecule has 0 saturated heterocycles. The largest absolute Gasteiger partial charge is 0.434 e. The highest BCUT2D eigenvalue weighted by Crippen LogP contribution is 2.27. The Labute approximate surface area is 103 Å². The molecule has 0 radical (unpaired) electrons. The molecule has 1 aromatic rings. The summed E-state index contributed by atoms with van der Waals surface area (Å²) in [6.07, 6.45) is 0.905. The van der Waals surface area contributed by atoms with Gasteiger partial charge in [0.2, 0.25) is 0 Å². The number of benzene rings is 1. The Hall–Kier alpha value is -1.13. The molecule has 0 bridgehead atoms. The number of aliphatic hydroxyl groups is 1. The van der Waals surface area contributed by atoms with E-state index >= 15 is 0 Å². The molecule has 0 spiro atoms. The van der Waals surface area contributed by atoms with Gasteiger partial charge in [0.25, 0.3) is 0 Å². The molecule has 0 amide bonds. The van der Waals surface area contributed by atoms with Crippen LogP contribution in [-0.2, 0) is 0 Å². The zero-order valence-corrected chi connectivity index (χ0v) is 10.2. The van der Waals surface area contributed by atoms with E-state index < -0.39 is 12.7 Å². The quantitative estimate of drug-likeness (QED) is 0.896. The number of hydrogen-bond acceptors (Lipinski definition) is 2. The predicted molar refractivity (Wildman–Crippen MR) is 63.4 cm³/mol. The van der Waals surface area contributed by atoms with Gasteiger partial charge in [-0.05, 0) is 43.7 Å². The third-order valence-corrected chi connectivity index (χ3v) is 2.47. The molecule has 2 nitrogen and oxygen atoms in total. The smallest absolute Gasteiger partial charge is 0.387 e. The molecule has 0 saturated carbocycles. The molecule has 0 aromatic heterocycles. The van der Waals surface area contributed by atoms with Gasteiger partial charge in [0.1, 0.15) is 5.75 Å². The van der Waals surface area contributed by atoms with Crippen LogP contribution in [0.2, 0.25) is 5.02 Å². The van der Waals surface area contributed by atoms with Crippen LogP contribution in [0.3, 0.4) is 0 Å². The first kappa shape index (κ1) is 13.9. The Kier molecular flexibility index (Phi) is 4.90. The van der Waals surface area contributed by atoms with Crippen LogP contribution in [0.1, 0.15) is 19.4 Å². The number of ether oxygens (including phenoxy) is 1. The van der Waals surface area contributed by atoms with Crippen LogP contribution >= 0.6 is 11.6 Å². The van der Waals surface area contributed by atoms with Crippen molar-refractivity contribution in [2.45, 2.75) is 26.6 Å². The summed E-state index contributed by atoms with van der Waals surface area (Å²) >= 11 is 5.78. The van der Waals surface area contributed by atoms with Crippen LogP contribution in [0.15, 0.2) is 23.8 Å². The summed E-state index contributed by atoms with van der Waals surface area (Å²) in [4.78, 5) is 0. The lowest BCUT2D eigenvalue weighted by Gasteiger charge is -2.10. The Morgan fingerprint density at radius 3 is 2.65 bits per heavy atom. The molecule has 1 atom stereocenters. The van der Waals surface area contributed by atoms with Crippen molar-refractivity contribution in [2.24, 2.45) is 0 Å². The third kappa shape index (κ3) is 4.32. The molecule has 17 heavy (non-hydrogen) atoms. The summed E-state index contributed by atoms with van der Waals surface area (Å²) < 4.78 is 28.7. The van der Waals surface area contributed by atoms with Crippen molar-refractivity contribution in [2.75, 3.05) is 0 Å². The summed E-state index contributed by atoms with van der Waals surface area (Å²) in [6, 6.07) is 4.34. The van der Waals surface area contributed by atoms with E-state index in [1.165, 1.54) is 18.2 Å². The molecule has 1 N–H and O–H groups in total. The maximum Gasteiger partial charge on any atom is 0.387 e. The lowest BCUT2D eigenvalue weighted by Crippen LogP contribution is -2.04. The van der Waals surface area contributed by atoms with Gasteiger partial charge >= 0.3 is 6.61 Å². The SMILES string of the molecule is C/C(=C\c1cc(Cl)ccc1OC(F)F)C(C)O. The summed E-state index contributed by atoms with van der Waals surface area (Å²) in [6.45, 7) is 0.386. The number of halogens is 3. The van der Waals surface area contributed by atoms with Crippen molar-refractivity contribution >= 4 is 17.7 Å². The van der Waals surface area contributed by atoms with Crippen molar-refractivity contribution in [1.82, 2.24) is 0 Å². The zero-order valence-electron chi connectivity index (χ0n) is 9.45. The first-order valence-electron chi connectivity index (χ1n) is 5.00. The second-order valence-electron chi connectivity index (χ2n) is 3.62. The zero-order chi connectivity index (χ0) is 13.0. The Morgan fingerprint density at radius 2 is 2.12 bits per heavy atom. The Morgan fingerprint density at radius 1 is 1.47 bits per heavy atom. The first-order chi connectivity index (χ1) is 7.90. The highest BCUT2D eigenvalue weighted by Gasteiger charge is 2.09. The minimum absolute atomic E-state index is 0.0319. The van der Waals surface area contributed by atoms with Crippen molar-refractivity contribution in [1.29, 1.82) is 0 Å². The van der Waals surface area contributed by atoms with E-state index in [9.17, 15) is 13.9 Å². The van der Waals surface area contributed by atoms with E-state index in [-0.39, 0.29) is 5.75 Å². The minimum atomic E-state index is -2.89. The molecule has 5 heteroatoms. The maximum atomic E-state index is 12.2. The van der Waals surface area contributed by atoms with Gasteiger partial charge in [-0.25, -0.2) is 0 Å². The van der Waals surface area contributed by atoms with E-state index in [2.05, 4.69) is 4.74 Å². The first-order valence-corrected chi connectivity index (χ1v) is 5.38. The molecule has 0 fully saturated rings. The Bertz CT molecular complexity index is 417. The highest BCUT2D eigenvalue weighted by molar-refractivity contribution is 6.30. The van der Waals surface area contributed by atoms with Gasteiger partial charge in [0.05, 0.1) is 6.10 Å².